The third kappa shape index (κ3) is 3.75. The molecular formula is C15H23FN2O. The van der Waals surface area contributed by atoms with E-state index in [1.807, 2.05) is 19.2 Å². The average molecular weight is 266 g/mol. The first-order valence-corrected chi connectivity index (χ1v) is 6.95. The molecule has 0 radical (unpaired) electrons. The predicted molar refractivity (Wildman–Crippen MR) is 74.4 cm³/mol. The summed E-state index contributed by atoms with van der Waals surface area (Å²) in [6.45, 7) is 2.99. The second-order valence-corrected chi connectivity index (χ2v) is 5.30. The standard InChI is InChI=1S/C15H23FN2O/c1-18(10-12-5-4-8-19-11-12)15(9-17)13-6-2-3-7-14(13)16/h2-3,6-7,12,15H,4-5,8-11,17H2,1H3. The third-order valence-corrected chi connectivity index (χ3v) is 3.82. The molecule has 0 bridgehead atoms. The van der Waals surface area contributed by atoms with E-state index in [1.54, 1.807) is 6.07 Å². The van der Waals surface area contributed by atoms with E-state index < -0.39 is 0 Å². The van der Waals surface area contributed by atoms with Gasteiger partial charge >= 0.3 is 0 Å². The highest BCUT2D eigenvalue weighted by atomic mass is 19.1. The van der Waals surface area contributed by atoms with Crippen molar-refractivity contribution < 1.29 is 9.13 Å². The summed E-state index contributed by atoms with van der Waals surface area (Å²) in [5.74, 6) is 0.351. The van der Waals surface area contributed by atoms with Crippen LogP contribution in [0.25, 0.3) is 0 Å². The maximum absolute atomic E-state index is 13.9. The van der Waals surface area contributed by atoms with Crippen LogP contribution in [0, 0.1) is 11.7 Å². The molecule has 2 rings (SSSR count). The highest BCUT2D eigenvalue weighted by Crippen LogP contribution is 2.24. The van der Waals surface area contributed by atoms with Crippen molar-refractivity contribution in [2.45, 2.75) is 18.9 Å². The minimum Gasteiger partial charge on any atom is -0.381 e. The van der Waals surface area contributed by atoms with E-state index in [0.717, 1.165) is 26.2 Å². The Kier molecular flexibility index (Phi) is 5.31. The fourth-order valence-electron chi connectivity index (χ4n) is 2.78. The first-order valence-electron chi connectivity index (χ1n) is 6.95. The first-order chi connectivity index (χ1) is 9.22. The molecule has 1 aromatic carbocycles. The van der Waals surface area contributed by atoms with Crippen LogP contribution in [0.4, 0.5) is 4.39 Å². The second kappa shape index (κ2) is 6.98. The molecule has 0 spiro atoms. The number of halogens is 1. The van der Waals surface area contributed by atoms with Crippen LogP contribution in [0.15, 0.2) is 24.3 Å². The molecule has 19 heavy (non-hydrogen) atoms. The van der Waals surface area contributed by atoms with Gasteiger partial charge in [0.2, 0.25) is 0 Å². The van der Waals surface area contributed by atoms with Gasteiger partial charge < -0.3 is 10.5 Å². The Hall–Kier alpha value is -0.970. The summed E-state index contributed by atoms with van der Waals surface area (Å²) in [6.07, 6.45) is 2.30. The van der Waals surface area contributed by atoms with Crippen LogP contribution in [-0.2, 0) is 4.74 Å². The van der Waals surface area contributed by atoms with Crippen LogP contribution in [0.1, 0.15) is 24.4 Å². The van der Waals surface area contributed by atoms with Gasteiger partial charge in [0.1, 0.15) is 5.82 Å². The lowest BCUT2D eigenvalue weighted by atomic mass is 9.99. The molecule has 2 unspecified atom stereocenters. The van der Waals surface area contributed by atoms with Crippen molar-refractivity contribution >= 4 is 0 Å². The quantitative estimate of drug-likeness (QED) is 0.888. The van der Waals surface area contributed by atoms with Crippen molar-refractivity contribution in [1.29, 1.82) is 0 Å². The fraction of sp³-hybridized carbons (Fsp3) is 0.600. The molecule has 1 aliphatic heterocycles. The molecule has 1 heterocycles. The summed E-state index contributed by atoms with van der Waals surface area (Å²) >= 11 is 0. The Balaban J connectivity index is 2.02. The number of benzene rings is 1. The molecule has 2 N–H and O–H groups in total. The van der Waals surface area contributed by atoms with Crippen LogP contribution in [0.5, 0.6) is 0 Å². The van der Waals surface area contributed by atoms with Gasteiger partial charge in [0.15, 0.2) is 0 Å². The monoisotopic (exact) mass is 266 g/mol. The van der Waals surface area contributed by atoms with E-state index in [4.69, 9.17) is 10.5 Å². The van der Waals surface area contributed by atoms with Gasteiger partial charge in [-0.3, -0.25) is 4.90 Å². The number of likely N-dealkylation sites (N-methyl/N-ethyl adjacent to an activating group) is 1. The summed E-state index contributed by atoms with van der Waals surface area (Å²) in [4.78, 5) is 2.15. The molecule has 1 saturated heterocycles. The molecule has 2 atom stereocenters. The van der Waals surface area contributed by atoms with Crippen molar-refractivity contribution in [2.24, 2.45) is 11.7 Å². The molecule has 0 saturated carbocycles. The predicted octanol–water partition coefficient (Wildman–Crippen LogP) is 2.18. The number of hydrogen-bond donors (Lipinski definition) is 1. The maximum atomic E-state index is 13.9. The van der Waals surface area contributed by atoms with Gasteiger partial charge in [-0.15, -0.1) is 0 Å². The topological polar surface area (TPSA) is 38.5 Å². The summed E-state index contributed by atoms with van der Waals surface area (Å²) in [7, 11) is 2.01. The van der Waals surface area contributed by atoms with E-state index in [2.05, 4.69) is 4.90 Å². The molecule has 0 aromatic heterocycles. The minimum atomic E-state index is -0.176. The molecule has 0 amide bonds. The minimum absolute atomic E-state index is 0.0665. The van der Waals surface area contributed by atoms with Crippen molar-refractivity contribution in [3.8, 4) is 0 Å². The van der Waals surface area contributed by atoms with E-state index in [-0.39, 0.29) is 11.9 Å². The smallest absolute Gasteiger partial charge is 0.128 e. The van der Waals surface area contributed by atoms with Crippen molar-refractivity contribution in [2.75, 3.05) is 33.4 Å². The van der Waals surface area contributed by atoms with Gasteiger partial charge in [-0.2, -0.15) is 0 Å². The number of nitrogens with zero attached hydrogens (tertiary/aromatic N) is 1. The summed E-state index contributed by atoms with van der Waals surface area (Å²) in [5, 5.41) is 0. The molecule has 4 heteroatoms. The third-order valence-electron chi connectivity index (χ3n) is 3.82. The van der Waals surface area contributed by atoms with Gasteiger partial charge in [0.25, 0.3) is 0 Å². The van der Waals surface area contributed by atoms with Gasteiger partial charge in [-0.25, -0.2) is 4.39 Å². The highest BCUT2D eigenvalue weighted by molar-refractivity contribution is 5.21. The Morgan fingerprint density at radius 1 is 1.47 bits per heavy atom. The van der Waals surface area contributed by atoms with E-state index in [9.17, 15) is 4.39 Å². The number of rotatable bonds is 5. The molecule has 1 aromatic rings. The van der Waals surface area contributed by atoms with Crippen LogP contribution in [-0.4, -0.2) is 38.3 Å². The van der Waals surface area contributed by atoms with Crippen molar-refractivity contribution in [3.63, 3.8) is 0 Å². The largest absolute Gasteiger partial charge is 0.381 e. The van der Waals surface area contributed by atoms with Crippen LogP contribution in [0.2, 0.25) is 0 Å². The Morgan fingerprint density at radius 2 is 2.26 bits per heavy atom. The van der Waals surface area contributed by atoms with E-state index in [0.29, 0.717) is 18.0 Å². The molecule has 3 nitrogen and oxygen atoms in total. The highest BCUT2D eigenvalue weighted by Gasteiger charge is 2.22. The zero-order valence-electron chi connectivity index (χ0n) is 11.5. The lowest BCUT2D eigenvalue weighted by Crippen LogP contribution is -2.37. The van der Waals surface area contributed by atoms with Crippen LogP contribution >= 0.6 is 0 Å². The lowest BCUT2D eigenvalue weighted by Gasteiger charge is -2.32. The maximum Gasteiger partial charge on any atom is 0.128 e. The molecule has 1 fully saturated rings. The molecular weight excluding hydrogens is 243 g/mol. The van der Waals surface area contributed by atoms with Crippen LogP contribution in [0.3, 0.4) is 0 Å². The summed E-state index contributed by atoms with van der Waals surface area (Å²) in [5.41, 5.74) is 6.52. The normalized spacial score (nSPS) is 21.6. The van der Waals surface area contributed by atoms with Gasteiger partial charge in [0, 0.05) is 31.3 Å². The number of ether oxygens (including phenoxy) is 1. The zero-order chi connectivity index (χ0) is 13.7. The Labute approximate surface area is 114 Å². The first kappa shape index (κ1) is 14.4. The molecule has 0 aliphatic carbocycles. The summed E-state index contributed by atoms with van der Waals surface area (Å²) in [6, 6.07) is 6.82. The van der Waals surface area contributed by atoms with Gasteiger partial charge in [0.05, 0.1) is 6.61 Å². The Bertz CT molecular complexity index is 393. The fourth-order valence-corrected chi connectivity index (χ4v) is 2.78. The second-order valence-electron chi connectivity index (χ2n) is 5.30. The SMILES string of the molecule is CN(CC1CCCOC1)C(CN)c1ccccc1F. The lowest BCUT2D eigenvalue weighted by molar-refractivity contribution is 0.0363. The Morgan fingerprint density at radius 3 is 2.89 bits per heavy atom. The van der Waals surface area contributed by atoms with Gasteiger partial charge in [-0.1, -0.05) is 18.2 Å². The number of nitrogens with two attached hydrogens (primary N) is 1. The van der Waals surface area contributed by atoms with Crippen LogP contribution < -0.4 is 5.73 Å². The van der Waals surface area contributed by atoms with Crippen molar-refractivity contribution in [1.82, 2.24) is 4.90 Å². The van der Waals surface area contributed by atoms with E-state index >= 15 is 0 Å². The molecule has 106 valence electrons. The van der Waals surface area contributed by atoms with E-state index in [1.165, 1.54) is 12.5 Å². The average Bonchev–Trinajstić information content (AvgIpc) is 2.43. The zero-order valence-corrected chi connectivity index (χ0v) is 11.5. The molecule has 1 aliphatic rings. The number of hydrogen-bond acceptors (Lipinski definition) is 3. The summed E-state index contributed by atoms with van der Waals surface area (Å²) < 4.78 is 19.4. The van der Waals surface area contributed by atoms with Crippen molar-refractivity contribution in [3.05, 3.63) is 35.6 Å². The van der Waals surface area contributed by atoms with Gasteiger partial charge in [-0.05, 0) is 31.9 Å².